The number of aryl methyl sites for hydroxylation is 1. The molecule has 0 aromatic heterocycles. The molecule has 100 valence electrons. The monoisotopic (exact) mass is 249 g/mol. The first kappa shape index (κ1) is 14.7. The second-order valence-electron chi connectivity index (χ2n) is 4.48. The Hall–Kier alpha value is -1.39. The van der Waals surface area contributed by atoms with Crippen molar-refractivity contribution >= 4 is 5.91 Å². The van der Waals surface area contributed by atoms with Crippen LogP contribution in [-0.4, -0.2) is 37.5 Å². The van der Waals surface area contributed by atoms with E-state index in [0.29, 0.717) is 19.6 Å². The van der Waals surface area contributed by atoms with Crippen molar-refractivity contribution in [2.75, 3.05) is 26.7 Å². The summed E-state index contributed by atoms with van der Waals surface area (Å²) >= 11 is 0. The van der Waals surface area contributed by atoms with Gasteiger partial charge >= 0.3 is 0 Å². The first-order valence-corrected chi connectivity index (χ1v) is 6.32. The number of carbonyl (C=O) groups is 1. The maximum atomic E-state index is 11.6. The fraction of sp³-hybridized carbons (Fsp3) is 0.500. The summed E-state index contributed by atoms with van der Waals surface area (Å²) in [6, 6.07) is 8.23. The predicted molar refractivity (Wildman–Crippen MR) is 74.3 cm³/mol. The largest absolute Gasteiger partial charge is 0.355 e. The Morgan fingerprint density at radius 2 is 2.11 bits per heavy atom. The lowest BCUT2D eigenvalue weighted by atomic mass is 10.0. The van der Waals surface area contributed by atoms with E-state index < -0.39 is 0 Å². The van der Waals surface area contributed by atoms with E-state index in [-0.39, 0.29) is 11.9 Å². The molecule has 3 N–H and O–H groups in total. The average molecular weight is 249 g/mol. The molecule has 1 unspecified atom stereocenters. The average Bonchev–Trinajstić information content (AvgIpc) is 2.32. The van der Waals surface area contributed by atoms with Gasteiger partial charge in [-0.2, -0.15) is 0 Å². The topological polar surface area (TPSA) is 58.4 Å². The van der Waals surface area contributed by atoms with Crippen molar-refractivity contribution in [2.24, 2.45) is 5.73 Å². The lowest BCUT2D eigenvalue weighted by Gasteiger charge is -2.28. The highest BCUT2D eigenvalue weighted by Gasteiger charge is 2.18. The van der Waals surface area contributed by atoms with Crippen molar-refractivity contribution in [1.29, 1.82) is 0 Å². The van der Waals surface area contributed by atoms with Crippen molar-refractivity contribution in [1.82, 2.24) is 10.2 Å². The summed E-state index contributed by atoms with van der Waals surface area (Å²) in [7, 11) is 1.93. The molecular weight excluding hydrogens is 226 g/mol. The molecule has 0 aliphatic heterocycles. The zero-order chi connectivity index (χ0) is 13.5. The Morgan fingerprint density at radius 3 is 2.67 bits per heavy atom. The van der Waals surface area contributed by atoms with E-state index in [1.807, 2.05) is 31.0 Å². The van der Waals surface area contributed by atoms with Gasteiger partial charge in [-0.1, -0.05) is 24.3 Å². The third-order valence-electron chi connectivity index (χ3n) is 3.07. The van der Waals surface area contributed by atoms with Gasteiger partial charge in [0.1, 0.15) is 0 Å². The van der Waals surface area contributed by atoms with Gasteiger partial charge in [-0.05, 0) is 32.0 Å². The number of benzene rings is 1. The summed E-state index contributed by atoms with van der Waals surface area (Å²) < 4.78 is 0. The Morgan fingerprint density at radius 1 is 1.44 bits per heavy atom. The second kappa shape index (κ2) is 7.13. The Bertz CT molecular complexity index is 392. The minimum Gasteiger partial charge on any atom is -0.355 e. The summed E-state index contributed by atoms with van der Waals surface area (Å²) in [5.41, 5.74) is 8.24. The molecule has 0 radical (unpaired) electrons. The molecule has 0 bridgehead atoms. The number of nitrogens with one attached hydrogen (secondary N) is 1. The van der Waals surface area contributed by atoms with Crippen LogP contribution < -0.4 is 11.1 Å². The SMILES string of the molecule is CCNC(=O)CN(C)C(CN)c1ccccc1C. The van der Waals surface area contributed by atoms with E-state index in [4.69, 9.17) is 5.73 Å². The molecule has 4 heteroatoms. The first-order valence-electron chi connectivity index (χ1n) is 6.32. The quantitative estimate of drug-likeness (QED) is 0.792. The molecule has 0 fully saturated rings. The smallest absolute Gasteiger partial charge is 0.234 e. The third-order valence-corrected chi connectivity index (χ3v) is 3.07. The van der Waals surface area contributed by atoms with Crippen LogP contribution in [0.2, 0.25) is 0 Å². The third kappa shape index (κ3) is 3.82. The van der Waals surface area contributed by atoms with E-state index in [9.17, 15) is 4.79 Å². The number of hydrogen-bond acceptors (Lipinski definition) is 3. The van der Waals surface area contributed by atoms with Crippen LogP contribution in [-0.2, 0) is 4.79 Å². The molecule has 0 aliphatic carbocycles. The van der Waals surface area contributed by atoms with Gasteiger partial charge in [-0.25, -0.2) is 0 Å². The number of hydrogen-bond donors (Lipinski definition) is 2. The molecule has 0 heterocycles. The van der Waals surface area contributed by atoms with Gasteiger partial charge in [0, 0.05) is 19.1 Å². The Kier molecular flexibility index (Phi) is 5.82. The van der Waals surface area contributed by atoms with Crippen molar-refractivity contribution in [3.05, 3.63) is 35.4 Å². The molecular formula is C14H23N3O. The maximum absolute atomic E-state index is 11.6. The van der Waals surface area contributed by atoms with Crippen LogP contribution >= 0.6 is 0 Å². The van der Waals surface area contributed by atoms with Crippen LogP contribution in [0, 0.1) is 6.92 Å². The predicted octanol–water partition coefficient (Wildman–Crippen LogP) is 1.06. The highest BCUT2D eigenvalue weighted by molar-refractivity contribution is 5.77. The standard InChI is InChI=1S/C14H23N3O/c1-4-16-14(18)10-17(3)13(9-15)12-8-6-5-7-11(12)2/h5-8,13H,4,9-10,15H2,1-3H3,(H,16,18). The molecule has 4 nitrogen and oxygen atoms in total. The van der Waals surface area contributed by atoms with Crippen molar-refractivity contribution in [3.63, 3.8) is 0 Å². The molecule has 1 rings (SSSR count). The molecule has 18 heavy (non-hydrogen) atoms. The molecule has 1 atom stereocenters. The number of nitrogens with two attached hydrogens (primary N) is 1. The Balaban J connectivity index is 2.77. The van der Waals surface area contributed by atoms with Gasteiger partial charge in [0.15, 0.2) is 0 Å². The van der Waals surface area contributed by atoms with Crippen molar-refractivity contribution < 1.29 is 4.79 Å². The van der Waals surface area contributed by atoms with Crippen LogP contribution in [0.4, 0.5) is 0 Å². The summed E-state index contributed by atoms with van der Waals surface area (Å²) in [6.45, 7) is 5.51. The summed E-state index contributed by atoms with van der Waals surface area (Å²) in [4.78, 5) is 13.6. The number of nitrogens with zero attached hydrogens (tertiary/aromatic N) is 1. The van der Waals surface area contributed by atoms with Gasteiger partial charge in [-0.3, -0.25) is 9.69 Å². The second-order valence-corrected chi connectivity index (χ2v) is 4.48. The van der Waals surface area contributed by atoms with Crippen LogP contribution in [0.25, 0.3) is 0 Å². The van der Waals surface area contributed by atoms with Gasteiger partial charge < -0.3 is 11.1 Å². The molecule has 1 amide bonds. The molecule has 0 saturated heterocycles. The number of likely N-dealkylation sites (N-methyl/N-ethyl adjacent to an activating group) is 2. The van der Waals surface area contributed by atoms with E-state index in [0.717, 1.165) is 0 Å². The van der Waals surface area contributed by atoms with Gasteiger partial charge in [0.05, 0.1) is 6.54 Å². The van der Waals surface area contributed by atoms with E-state index >= 15 is 0 Å². The summed E-state index contributed by atoms with van der Waals surface area (Å²) in [6.07, 6.45) is 0. The van der Waals surface area contributed by atoms with Crippen LogP contribution in [0.3, 0.4) is 0 Å². The van der Waals surface area contributed by atoms with Gasteiger partial charge in [0.25, 0.3) is 0 Å². The summed E-state index contributed by atoms with van der Waals surface area (Å²) in [5.74, 6) is 0.0343. The van der Waals surface area contributed by atoms with E-state index in [1.54, 1.807) is 0 Å². The van der Waals surface area contributed by atoms with Crippen LogP contribution in [0.15, 0.2) is 24.3 Å². The summed E-state index contributed by atoms with van der Waals surface area (Å²) in [5, 5.41) is 2.80. The fourth-order valence-corrected chi connectivity index (χ4v) is 2.09. The van der Waals surface area contributed by atoms with E-state index in [2.05, 4.69) is 24.4 Å². The van der Waals surface area contributed by atoms with Crippen molar-refractivity contribution in [2.45, 2.75) is 19.9 Å². The lowest BCUT2D eigenvalue weighted by molar-refractivity contribution is -0.122. The first-order chi connectivity index (χ1) is 8.60. The normalized spacial score (nSPS) is 12.5. The minimum atomic E-state index is 0.0343. The molecule has 1 aromatic rings. The molecule has 0 aliphatic rings. The zero-order valence-electron chi connectivity index (χ0n) is 11.4. The molecule has 0 spiro atoms. The molecule has 0 saturated carbocycles. The van der Waals surface area contributed by atoms with Crippen molar-refractivity contribution in [3.8, 4) is 0 Å². The fourth-order valence-electron chi connectivity index (χ4n) is 2.09. The van der Waals surface area contributed by atoms with Crippen LogP contribution in [0.1, 0.15) is 24.1 Å². The van der Waals surface area contributed by atoms with Crippen LogP contribution in [0.5, 0.6) is 0 Å². The maximum Gasteiger partial charge on any atom is 0.234 e. The Labute approximate surface area is 109 Å². The minimum absolute atomic E-state index is 0.0343. The van der Waals surface area contributed by atoms with Gasteiger partial charge in [0.2, 0.25) is 5.91 Å². The highest BCUT2D eigenvalue weighted by Crippen LogP contribution is 2.21. The highest BCUT2D eigenvalue weighted by atomic mass is 16.2. The van der Waals surface area contributed by atoms with Gasteiger partial charge in [-0.15, -0.1) is 0 Å². The number of amides is 1. The zero-order valence-corrected chi connectivity index (χ0v) is 11.4. The van der Waals surface area contributed by atoms with E-state index in [1.165, 1.54) is 11.1 Å². The lowest BCUT2D eigenvalue weighted by Crippen LogP contribution is -2.39. The molecule has 1 aromatic carbocycles. The number of rotatable bonds is 6. The number of carbonyl (C=O) groups excluding carboxylic acids is 1.